The summed E-state index contributed by atoms with van der Waals surface area (Å²) in [5.41, 5.74) is 0.562. The van der Waals surface area contributed by atoms with Crippen molar-refractivity contribution in [3.63, 3.8) is 0 Å². The average Bonchev–Trinajstić information content (AvgIpc) is 2.33. The number of carbonyl (C=O) groups excluding carboxylic acids is 1. The minimum absolute atomic E-state index is 0.102. The summed E-state index contributed by atoms with van der Waals surface area (Å²) >= 11 is 0. The fourth-order valence-electron chi connectivity index (χ4n) is 1.81. The van der Waals surface area contributed by atoms with Crippen LogP contribution in [0.3, 0.4) is 0 Å². The van der Waals surface area contributed by atoms with E-state index in [0.29, 0.717) is 12.1 Å². The molecule has 0 heterocycles. The highest BCUT2D eigenvalue weighted by Gasteiger charge is 2.23. The Hall–Kier alpha value is -1.40. The van der Waals surface area contributed by atoms with Gasteiger partial charge in [-0.15, -0.1) is 0 Å². The fourth-order valence-corrected chi connectivity index (χ4v) is 3.25. The van der Waals surface area contributed by atoms with Crippen LogP contribution in [-0.2, 0) is 10.0 Å². The molecule has 1 aromatic carbocycles. The Morgan fingerprint density at radius 3 is 2.38 bits per heavy atom. The first kappa shape index (κ1) is 17.7. The van der Waals surface area contributed by atoms with Crippen molar-refractivity contribution in [1.82, 2.24) is 10.0 Å². The van der Waals surface area contributed by atoms with Crippen molar-refractivity contribution in [2.45, 2.75) is 51.5 Å². The van der Waals surface area contributed by atoms with Crippen LogP contribution in [-0.4, -0.2) is 26.4 Å². The monoisotopic (exact) mass is 312 g/mol. The molecule has 2 N–H and O–H groups in total. The first-order chi connectivity index (χ1) is 9.57. The molecule has 0 aliphatic carbocycles. The lowest BCUT2D eigenvalue weighted by atomic mass is 10.1. The predicted octanol–water partition coefficient (Wildman–Crippen LogP) is 2.21. The van der Waals surface area contributed by atoms with Gasteiger partial charge in [0.15, 0.2) is 0 Å². The van der Waals surface area contributed by atoms with Gasteiger partial charge >= 0.3 is 0 Å². The third kappa shape index (κ3) is 5.13. The molecule has 1 rings (SSSR count). The van der Waals surface area contributed by atoms with Gasteiger partial charge in [0.1, 0.15) is 0 Å². The summed E-state index contributed by atoms with van der Waals surface area (Å²) in [6.45, 7) is 9.63. The Balaban J connectivity index is 3.15. The maximum atomic E-state index is 12.3. The highest BCUT2D eigenvalue weighted by atomic mass is 32.2. The number of hydrogen-bond donors (Lipinski definition) is 2. The summed E-state index contributed by atoms with van der Waals surface area (Å²) in [7, 11) is -3.64. The van der Waals surface area contributed by atoms with Crippen molar-refractivity contribution >= 4 is 15.9 Å². The van der Waals surface area contributed by atoms with E-state index in [1.807, 2.05) is 6.92 Å². The Labute approximate surface area is 127 Å². The second-order valence-corrected chi connectivity index (χ2v) is 7.77. The molecule has 0 saturated heterocycles. The van der Waals surface area contributed by atoms with Crippen LogP contribution < -0.4 is 10.0 Å². The zero-order valence-electron chi connectivity index (χ0n) is 13.3. The first-order valence-corrected chi connectivity index (χ1v) is 8.48. The summed E-state index contributed by atoms with van der Waals surface area (Å²) in [6, 6.07) is 4.59. The predicted molar refractivity (Wildman–Crippen MR) is 83.9 cm³/mol. The highest BCUT2D eigenvalue weighted by Crippen LogP contribution is 2.17. The van der Waals surface area contributed by atoms with E-state index in [1.165, 1.54) is 12.1 Å². The molecule has 0 fully saturated rings. The van der Waals surface area contributed by atoms with Crippen molar-refractivity contribution in [1.29, 1.82) is 0 Å². The number of hydrogen-bond acceptors (Lipinski definition) is 3. The van der Waals surface area contributed by atoms with Gasteiger partial charge in [0.2, 0.25) is 10.0 Å². The van der Waals surface area contributed by atoms with Crippen LogP contribution in [0.5, 0.6) is 0 Å². The molecule has 1 aromatic rings. The quantitative estimate of drug-likeness (QED) is 0.875. The molecule has 5 nitrogen and oxygen atoms in total. The summed E-state index contributed by atoms with van der Waals surface area (Å²) in [5, 5.41) is 2.76. The van der Waals surface area contributed by atoms with Gasteiger partial charge in [-0.25, -0.2) is 13.1 Å². The third-order valence-electron chi connectivity index (χ3n) is 2.74. The van der Waals surface area contributed by atoms with Gasteiger partial charge in [-0.2, -0.15) is 0 Å². The number of amides is 1. The minimum Gasteiger partial charge on any atom is -0.352 e. The van der Waals surface area contributed by atoms with Crippen LogP contribution in [0.1, 0.15) is 50.0 Å². The zero-order valence-corrected chi connectivity index (χ0v) is 14.1. The molecule has 21 heavy (non-hydrogen) atoms. The van der Waals surface area contributed by atoms with Crippen molar-refractivity contribution < 1.29 is 13.2 Å². The Kier molecular flexibility index (Phi) is 5.53. The number of sulfonamides is 1. The molecular formula is C15H24N2O3S. The third-order valence-corrected chi connectivity index (χ3v) is 4.50. The molecule has 0 aromatic heterocycles. The van der Waals surface area contributed by atoms with Crippen LogP contribution in [0.15, 0.2) is 23.1 Å². The van der Waals surface area contributed by atoms with E-state index in [-0.39, 0.29) is 10.8 Å². The minimum atomic E-state index is -3.64. The van der Waals surface area contributed by atoms with Crippen molar-refractivity contribution in [3.05, 3.63) is 29.3 Å². The highest BCUT2D eigenvalue weighted by molar-refractivity contribution is 7.89. The van der Waals surface area contributed by atoms with Gasteiger partial charge in [-0.3, -0.25) is 4.79 Å². The molecule has 118 valence electrons. The Bertz CT molecular complexity index is 616. The number of benzene rings is 1. The van der Waals surface area contributed by atoms with E-state index in [0.717, 1.165) is 12.0 Å². The van der Waals surface area contributed by atoms with E-state index in [1.54, 1.807) is 33.8 Å². The van der Waals surface area contributed by atoms with E-state index >= 15 is 0 Å². The number of rotatable bonds is 5. The zero-order chi connectivity index (χ0) is 16.3. The summed E-state index contributed by atoms with van der Waals surface area (Å²) < 4.78 is 27.2. The Morgan fingerprint density at radius 2 is 1.86 bits per heavy atom. The summed E-state index contributed by atoms with van der Waals surface area (Å²) in [5.74, 6) is -0.248. The van der Waals surface area contributed by atoms with Gasteiger partial charge in [-0.1, -0.05) is 13.0 Å². The number of aryl methyl sites for hydroxylation is 1. The maximum Gasteiger partial charge on any atom is 0.251 e. The maximum absolute atomic E-state index is 12.3. The lowest BCUT2D eigenvalue weighted by Gasteiger charge is -2.20. The molecule has 0 bridgehead atoms. The van der Waals surface area contributed by atoms with Crippen molar-refractivity contribution in [3.8, 4) is 0 Å². The largest absolute Gasteiger partial charge is 0.352 e. The molecule has 0 aliphatic rings. The molecule has 0 spiro atoms. The van der Waals surface area contributed by atoms with Crippen LogP contribution in [0.25, 0.3) is 0 Å². The van der Waals surface area contributed by atoms with Crippen molar-refractivity contribution in [2.24, 2.45) is 0 Å². The first-order valence-electron chi connectivity index (χ1n) is 6.99. The van der Waals surface area contributed by atoms with E-state index in [2.05, 4.69) is 10.0 Å². The molecule has 0 saturated carbocycles. The molecule has 6 heteroatoms. The molecule has 1 amide bonds. The SMILES string of the molecule is CCCNC(=O)c1cc(S(=O)(=O)NC(C)(C)C)ccc1C. The second kappa shape index (κ2) is 6.58. The van der Waals surface area contributed by atoms with Gasteiger partial charge in [-0.05, 0) is 51.8 Å². The Morgan fingerprint density at radius 1 is 1.24 bits per heavy atom. The van der Waals surface area contributed by atoms with E-state index in [4.69, 9.17) is 0 Å². The van der Waals surface area contributed by atoms with Crippen LogP contribution in [0.2, 0.25) is 0 Å². The number of carbonyl (C=O) groups is 1. The number of nitrogens with one attached hydrogen (secondary N) is 2. The standard InChI is InChI=1S/C15H24N2O3S/c1-6-9-16-14(18)13-10-12(8-7-11(13)2)21(19,20)17-15(3,4)5/h7-8,10,17H,6,9H2,1-5H3,(H,16,18). The summed E-state index contributed by atoms with van der Waals surface area (Å²) in [4.78, 5) is 12.2. The molecule has 0 unspecified atom stereocenters. The lowest BCUT2D eigenvalue weighted by molar-refractivity contribution is 0.0953. The van der Waals surface area contributed by atoms with Crippen LogP contribution >= 0.6 is 0 Å². The average molecular weight is 312 g/mol. The van der Waals surface area contributed by atoms with E-state index < -0.39 is 15.6 Å². The molecular weight excluding hydrogens is 288 g/mol. The van der Waals surface area contributed by atoms with Gasteiger partial charge in [0, 0.05) is 17.6 Å². The topological polar surface area (TPSA) is 75.3 Å². The molecule has 0 atom stereocenters. The molecule has 0 aliphatic heterocycles. The molecule has 0 radical (unpaired) electrons. The van der Waals surface area contributed by atoms with Crippen molar-refractivity contribution in [2.75, 3.05) is 6.54 Å². The van der Waals surface area contributed by atoms with Crippen LogP contribution in [0, 0.1) is 6.92 Å². The second-order valence-electron chi connectivity index (χ2n) is 6.09. The van der Waals surface area contributed by atoms with Gasteiger partial charge in [0.25, 0.3) is 5.91 Å². The lowest BCUT2D eigenvalue weighted by Crippen LogP contribution is -2.40. The van der Waals surface area contributed by atoms with E-state index in [9.17, 15) is 13.2 Å². The van der Waals surface area contributed by atoms with Crippen LogP contribution in [0.4, 0.5) is 0 Å². The smallest absolute Gasteiger partial charge is 0.251 e. The normalized spacial score (nSPS) is 12.2. The van der Waals surface area contributed by atoms with Gasteiger partial charge < -0.3 is 5.32 Å². The summed E-state index contributed by atoms with van der Waals surface area (Å²) in [6.07, 6.45) is 0.828. The van der Waals surface area contributed by atoms with Gasteiger partial charge in [0.05, 0.1) is 4.90 Å². The fraction of sp³-hybridized carbons (Fsp3) is 0.533.